The van der Waals surface area contributed by atoms with Crippen molar-refractivity contribution in [1.82, 2.24) is 4.98 Å². The van der Waals surface area contributed by atoms with Crippen LogP contribution in [0.25, 0.3) is 0 Å². The molecule has 0 unspecified atom stereocenters. The van der Waals surface area contributed by atoms with E-state index in [1.54, 1.807) is 12.4 Å². The third-order valence-corrected chi connectivity index (χ3v) is 2.21. The smallest absolute Gasteiger partial charge is 0.132 e. The molecular formula is C13H13N3. The fourth-order valence-electron chi connectivity index (χ4n) is 1.42. The van der Waals surface area contributed by atoms with Crippen molar-refractivity contribution in [3.8, 4) is 0 Å². The third kappa shape index (κ3) is 2.45. The second-order valence-corrected chi connectivity index (χ2v) is 3.58. The van der Waals surface area contributed by atoms with E-state index < -0.39 is 0 Å². The van der Waals surface area contributed by atoms with E-state index in [0.717, 1.165) is 11.3 Å². The Morgan fingerprint density at radius 3 is 2.81 bits per heavy atom. The molecule has 0 atom stereocenters. The van der Waals surface area contributed by atoms with Gasteiger partial charge in [-0.2, -0.15) is 0 Å². The molecule has 0 amide bonds. The molecule has 2 rings (SSSR count). The Labute approximate surface area is 94.7 Å². The van der Waals surface area contributed by atoms with Crippen molar-refractivity contribution in [2.24, 2.45) is 10.7 Å². The molecule has 3 heteroatoms. The number of benzene rings is 1. The quantitative estimate of drug-likeness (QED) is 0.612. The lowest BCUT2D eigenvalue weighted by Gasteiger charge is -2.00. The Kier molecular flexibility index (Phi) is 2.96. The minimum Gasteiger partial charge on any atom is -0.383 e. The number of nitrogens with zero attached hydrogens (tertiary/aromatic N) is 2. The third-order valence-electron chi connectivity index (χ3n) is 2.21. The van der Waals surface area contributed by atoms with E-state index in [-0.39, 0.29) is 0 Å². The van der Waals surface area contributed by atoms with Gasteiger partial charge in [-0.15, -0.1) is 0 Å². The normalized spacial score (nSPS) is 11.4. The highest BCUT2D eigenvalue weighted by Gasteiger charge is 1.97. The zero-order valence-corrected chi connectivity index (χ0v) is 9.09. The molecule has 0 radical (unpaired) electrons. The minimum atomic E-state index is 0.485. The van der Waals surface area contributed by atoms with Gasteiger partial charge in [0.15, 0.2) is 0 Å². The molecule has 16 heavy (non-hydrogen) atoms. The summed E-state index contributed by atoms with van der Waals surface area (Å²) in [6.45, 7) is 2.03. The van der Waals surface area contributed by atoms with Crippen LogP contribution in [-0.2, 0) is 0 Å². The fraction of sp³-hybridized carbons (Fsp3) is 0.0769. The van der Waals surface area contributed by atoms with Crippen molar-refractivity contribution < 1.29 is 0 Å². The van der Waals surface area contributed by atoms with Gasteiger partial charge in [0.25, 0.3) is 0 Å². The van der Waals surface area contributed by atoms with E-state index in [4.69, 9.17) is 5.73 Å². The standard InChI is InChI=1S/C13H13N3/c1-10-4-2-6-12(8-10)16-13(14)11-5-3-7-15-9-11/h2-9H,1H3,(H2,14,16). The summed E-state index contributed by atoms with van der Waals surface area (Å²) in [7, 11) is 0. The van der Waals surface area contributed by atoms with E-state index in [0.29, 0.717) is 5.84 Å². The monoisotopic (exact) mass is 211 g/mol. The van der Waals surface area contributed by atoms with Gasteiger partial charge in [-0.05, 0) is 36.8 Å². The lowest BCUT2D eigenvalue weighted by atomic mass is 10.2. The second kappa shape index (κ2) is 4.57. The molecule has 0 saturated heterocycles. The highest BCUT2D eigenvalue weighted by atomic mass is 14.9. The summed E-state index contributed by atoms with van der Waals surface area (Å²) in [4.78, 5) is 8.35. The van der Waals surface area contributed by atoms with E-state index in [9.17, 15) is 0 Å². The fourth-order valence-corrected chi connectivity index (χ4v) is 1.42. The van der Waals surface area contributed by atoms with Crippen molar-refractivity contribution in [3.63, 3.8) is 0 Å². The summed E-state index contributed by atoms with van der Waals surface area (Å²) in [5.41, 5.74) is 8.75. The lowest BCUT2D eigenvalue weighted by molar-refractivity contribution is 1.30. The van der Waals surface area contributed by atoms with Crippen LogP contribution in [0.2, 0.25) is 0 Å². The number of nitrogens with two attached hydrogens (primary N) is 1. The molecule has 0 fully saturated rings. The lowest BCUT2D eigenvalue weighted by Crippen LogP contribution is -2.12. The summed E-state index contributed by atoms with van der Waals surface area (Å²) >= 11 is 0. The molecular weight excluding hydrogens is 198 g/mol. The van der Waals surface area contributed by atoms with E-state index in [2.05, 4.69) is 9.98 Å². The van der Waals surface area contributed by atoms with Crippen LogP contribution < -0.4 is 5.73 Å². The summed E-state index contributed by atoms with van der Waals surface area (Å²) < 4.78 is 0. The van der Waals surface area contributed by atoms with Crippen LogP contribution in [0.4, 0.5) is 5.69 Å². The van der Waals surface area contributed by atoms with Gasteiger partial charge in [0.1, 0.15) is 5.84 Å². The van der Waals surface area contributed by atoms with Crippen LogP contribution in [0.1, 0.15) is 11.1 Å². The average Bonchev–Trinajstić information content (AvgIpc) is 2.30. The first-order valence-corrected chi connectivity index (χ1v) is 5.07. The number of aryl methyl sites for hydroxylation is 1. The highest BCUT2D eigenvalue weighted by Crippen LogP contribution is 2.14. The maximum Gasteiger partial charge on any atom is 0.132 e. The second-order valence-electron chi connectivity index (χ2n) is 3.58. The first-order chi connectivity index (χ1) is 7.75. The van der Waals surface area contributed by atoms with Gasteiger partial charge in [0.2, 0.25) is 0 Å². The molecule has 0 bridgehead atoms. The van der Waals surface area contributed by atoms with Gasteiger partial charge in [-0.25, -0.2) is 4.99 Å². The van der Waals surface area contributed by atoms with Crippen molar-refractivity contribution >= 4 is 11.5 Å². The predicted octanol–water partition coefficient (Wildman–Crippen LogP) is 2.43. The number of rotatable bonds is 2. The number of pyridine rings is 1. The highest BCUT2D eigenvalue weighted by molar-refractivity contribution is 5.98. The van der Waals surface area contributed by atoms with Crippen LogP contribution in [0.3, 0.4) is 0 Å². The van der Waals surface area contributed by atoms with Crippen LogP contribution >= 0.6 is 0 Å². The van der Waals surface area contributed by atoms with E-state index in [1.807, 2.05) is 43.3 Å². The van der Waals surface area contributed by atoms with Crippen molar-refractivity contribution in [2.75, 3.05) is 0 Å². The van der Waals surface area contributed by atoms with Gasteiger partial charge in [0, 0.05) is 18.0 Å². The number of hydrogen-bond acceptors (Lipinski definition) is 2. The molecule has 2 N–H and O–H groups in total. The Bertz CT molecular complexity index is 504. The molecule has 3 nitrogen and oxygen atoms in total. The maximum absolute atomic E-state index is 5.89. The average molecular weight is 211 g/mol. The van der Waals surface area contributed by atoms with Crippen molar-refractivity contribution in [3.05, 3.63) is 59.9 Å². The van der Waals surface area contributed by atoms with Crippen LogP contribution in [0.5, 0.6) is 0 Å². The zero-order chi connectivity index (χ0) is 11.4. The molecule has 0 spiro atoms. The van der Waals surface area contributed by atoms with Crippen LogP contribution in [0, 0.1) is 6.92 Å². The molecule has 1 aromatic heterocycles. The molecule has 0 aliphatic rings. The van der Waals surface area contributed by atoms with Gasteiger partial charge < -0.3 is 5.73 Å². The van der Waals surface area contributed by atoms with Crippen molar-refractivity contribution in [2.45, 2.75) is 6.92 Å². The topological polar surface area (TPSA) is 51.3 Å². The van der Waals surface area contributed by atoms with Gasteiger partial charge in [-0.3, -0.25) is 4.98 Å². The van der Waals surface area contributed by atoms with Gasteiger partial charge in [-0.1, -0.05) is 12.1 Å². The first kappa shape index (κ1) is 10.4. The Morgan fingerprint density at radius 2 is 2.12 bits per heavy atom. The van der Waals surface area contributed by atoms with Gasteiger partial charge in [0.05, 0.1) is 5.69 Å². The molecule has 80 valence electrons. The number of aliphatic imine (C=N–C) groups is 1. The number of amidine groups is 1. The van der Waals surface area contributed by atoms with E-state index in [1.165, 1.54) is 5.56 Å². The largest absolute Gasteiger partial charge is 0.383 e. The van der Waals surface area contributed by atoms with E-state index >= 15 is 0 Å². The zero-order valence-electron chi connectivity index (χ0n) is 9.09. The first-order valence-electron chi connectivity index (χ1n) is 5.07. The number of aromatic nitrogens is 1. The van der Waals surface area contributed by atoms with Crippen LogP contribution in [0.15, 0.2) is 53.8 Å². The summed E-state index contributed by atoms with van der Waals surface area (Å²) in [6.07, 6.45) is 3.41. The summed E-state index contributed by atoms with van der Waals surface area (Å²) in [5, 5.41) is 0. The molecule has 1 aromatic carbocycles. The molecule has 0 saturated carbocycles. The predicted molar refractivity (Wildman–Crippen MR) is 65.8 cm³/mol. The summed E-state index contributed by atoms with van der Waals surface area (Å²) in [5.74, 6) is 0.485. The molecule has 0 aliphatic carbocycles. The minimum absolute atomic E-state index is 0.485. The van der Waals surface area contributed by atoms with Crippen LogP contribution in [-0.4, -0.2) is 10.8 Å². The maximum atomic E-state index is 5.89. The Morgan fingerprint density at radius 1 is 1.25 bits per heavy atom. The SMILES string of the molecule is Cc1cccc(N=C(N)c2cccnc2)c1. The molecule has 0 aliphatic heterocycles. The van der Waals surface area contributed by atoms with Crippen molar-refractivity contribution in [1.29, 1.82) is 0 Å². The molecule has 1 heterocycles. The van der Waals surface area contributed by atoms with Gasteiger partial charge >= 0.3 is 0 Å². The summed E-state index contributed by atoms with van der Waals surface area (Å²) in [6, 6.07) is 11.6. The molecule has 2 aromatic rings. The number of hydrogen-bond donors (Lipinski definition) is 1. The Hall–Kier alpha value is -2.16. The Balaban J connectivity index is 2.32.